The number of benzene rings is 2. The molecule has 1 aliphatic heterocycles. The Bertz CT molecular complexity index is 1100. The number of barbiturate groups is 1. The van der Waals surface area contributed by atoms with Gasteiger partial charge in [0, 0.05) is 10.6 Å². The highest BCUT2D eigenvalue weighted by atomic mass is 35.5. The summed E-state index contributed by atoms with van der Waals surface area (Å²) < 4.78 is 30.3. The van der Waals surface area contributed by atoms with Crippen LogP contribution < -0.4 is 14.8 Å². The number of halogens is 1. The van der Waals surface area contributed by atoms with Gasteiger partial charge < -0.3 is 4.18 Å². The highest BCUT2D eigenvalue weighted by Gasteiger charge is 2.28. The molecule has 2 N–H and O–H groups in total. The van der Waals surface area contributed by atoms with Crippen molar-refractivity contribution in [2.45, 2.75) is 11.8 Å². The van der Waals surface area contributed by atoms with Gasteiger partial charge in [-0.25, -0.2) is 4.79 Å². The number of carbonyl (C=O) groups is 3. The third-order valence-corrected chi connectivity index (χ3v) is 5.21. The van der Waals surface area contributed by atoms with Crippen LogP contribution in [0.3, 0.4) is 0 Å². The van der Waals surface area contributed by atoms with Gasteiger partial charge in [0.1, 0.15) is 16.2 Å². The number of aryl methyl sites for hydroxylation is 1. The molecular formula is C18H13ClN2O6S. The third-order valence-electron chi connectivity index (χ3n) is 3.72. The molecule has 4 amide bonds. The van der Waals surface area contributed by atoms with Crippen molar-refractivity contribution in [1.82, 2.24) is 10.6 Å². The summed E-state index contributed by atoms with van der Waals surface area (Å²) in [6.07, 6.45) is 1.09. The molecule has 8 nitrogen and oxygen atoms in total. The topological polar surface area (TPSA) is 119 Å². The van der Waals surface area contributed by atoms with Gasteiger partial charge in [-0.3, -0.25) is 20.2 Å². The molecule has 144 valence electrons. The molecule has 0 bridgehead atoms. The van der Waals surface area contributed by atoms with Crippen molar-refractivity contribution in [3.05, 3.63) is 64.2 Å². The largest absolute Gasteiger partial charge is 0.378 e. The molecule has 28 heavy (non-hydrogen) atoms. The molecule has 1 fully saturated rings. The van der Waals surface area contributed by atoms with Crippen LogP contribution in [0.5, 0.6) is 5.75 Å². The van der Waals surface area contributed by atoms with Crippen molar-refractivity contribution in [3.8, 4) is 5.75 Å². The van der Waals surface area contributed by atoms with Crippen molar-refractivity contribution in [3.63, 3.8) is 0 Å². The van der Waals surface area contributed by atoms with Gasteiger partial charge in [-0.2, -0.15) is 8.42 Å². The fourth-order valence-corrected chi connectivity index (χ4v) is 3.48. The minimum atomic E-state index is -4.17. The molecule has 0 radical (unpaired) electrons. The lowest BCUT2D eigenvalue weighted by molar-refractivity contribution is -0.123. The van der Waals surface area contributed by atoms with Crippen LogP contribution in [0.2, 0.25) is 5.02 Å². The normalized spacial score (nSPS) is 14.4. The van der Waals surface area contributed by atoms with E-state index < -0.39 is 33.5 Å². The molecule has 1 heterocycles. The smallest absolute Gasteiger partial charge is 0.339 e. The first-order valence-corrected chi connectivity index (χ1v) is 9.63. The van der Waals surface area contributed by atoms with E-state index in [0.29, 0.717) is 0 Å². The summed E-state index contributed by atoms with van der Waals surface area (Å²) in [5.41, 5.74) is 0.539. The third kappa shape index (κ3) is 4.21. The molecular weight excluding hydrogens is 408 g/mol. The average Bonchev–Trinajstić information content (AvgIpc) is 2.60. The number of hydrogen-bond acceptors (Lipinski definition) is 6. The van der Waals surface area contributed by atoms with Crippen molar-refractivity contribution < 1.29 is 27.0 Å². The van der Waals surface area contributed by atoms with Crippen LogP contribution in [0, 0.1) is 6.92 Å². The molecule has 1 aliphatic rings. The van der Waals surface area contributed by atoms with Crippen molar-refractivity contribution in [2.24, 2.45) is 0 Å². The first kappa shape index (κ1) is 19.6. The summed E-state index contributed by atoms with van der Waals surface area (Å²) in [6.45, 7) is 1.81. The van der Waals surface area contributed by atoms with Crippen LogP contribution in [-0.4, -0.2) is 26.3 Å². The Kier molecular flexibility index (Phi) is 5.21. The van der Waals surface area contributed by atoms with Crippen molar-refractivity contribution >= 4 is 45.6 Å². The van der Waals surface area contributed by atoms with Crippen LogP contribution in [0.1, 0.15) is 11.1 Å². The molecule has 0 unspecified atom stereocenters. The maximum atomic E-state index is 12.5. The average molecular weight is 421 g/mol. The molecule has 0 atom stereocenters. The number of hydrogen-bond donors (Lipinski definition) is 2. The summed E-state index contributed by atoms with van der Waals surface area (Å²) in [6, 6.07) is 9.10. The summed E-state index contributed by atoms with van der Waals surface area (Å²) >= 11 is 5.95. The summed E-state index contributed by atoms with van der Waals surface area (Å²) in [5, 5.41) is 4.07. The maximum absolute atomic E-state index is 12.5. The lowest BCUT2D eigenvalue weighted by atomic mass is 10.1. The summed E-state index contributed by atoms with van der Waals surface area (Å²) in [5.74, 6) is -2.00. The fraction of sp³-hybridized carbons (Fsp3) is 0.0556. The number of carbonyl (C=O) groups excluding carboxylic acids is 3. The molecule has 3 rings (SSSR count). The number of amides is 4. The molecule has 10 heteroatoms. The summed E-state index contributed by atoms with van der Waals surface area (Å²) in [7, 11) is -4.17. The molecule has 0 saturated carbocycles. The van der Waals surface area contributed by atoms with E-state index in [1.807, 2.05) is 17.6 Å². The second kappa shape index (κ2) is 7.45. The first-order chi connectivity index (χ1) is 13.2. The van der Waals surface area contributed by atoms with Gasteiger partial charge in [-0.05, 0) is 43.3 Å². The number of nitrogens with one attached hydrogen (secondary N) is 2. The monoisotopic (exact) mass is 420 g/mol. The van der Waals surface area contributed by atoms with Gasteiger partial charge in [-0.1, -0.05) is 29.3 Å². The lowest BCUT2D eigenvalue weighted by Gasteiger charge is -2.15. The first-order valence-electron chi connectivity index (χ1n) is 7.85. The molecule has 0 aromatic heterocycles. The second-order valence-corrected chi connectivity index (χ2v) is 7.81. The standard InChI is InChI=1S/C18H13ClN2O6S/c1-10-2-5-13(6-3-10)28(25,26)27-15-7-4-12(19)8-11(15)9-14-16(22)20-18(24)21-17(14)23/h2-9H,1H3,(H2,20,21,22,23,24). The Morgan fingerprint density at radius 2 is 1.57 bits per heavy atom. The van der Waals surface area contributed by atoms with Gasteiger partial charge >= 0.3 is 16.1 Å². The zero-order chi connectivity index (χ0) is 20.5. The minimum absolute atomic E-state index is 0.0644. The van der Waals surface area contributed by atoms with Crippen LogP contribution in [-0.2, 0) is 19.7 Å². The van der Waals surface area contributed by atoms with Crippen molar-refractivity contribution in [2.75, 3.05) is 0 Å². The predicted octanol–water partition coefficient (Wildman–Crippen LogP) is 2.17. The van der Waals surface area contributed by atoms with E-state index in [1.165, 1.54) is 30.3 Å². The van der Waals surface area contributed by atoms with E-state index in [9.17, 15) is 22.8 Å². The van der Waals surface area contributed by atoms with E-state index in [2.05, 4.69) is 0 Å². The fourth-order valence-electron chi connectivity index (χ4n) is 2.34. The van der Waals surface area contributed by atoms with E-state index in [0.717, 1.165) is 11.6 Å². The Morgan fingerprint density at radius 3 is 2.18 bits per heavy atom. The minimum Gasteiger partial charge on any atom is -0.378 e. The molecule has 1 saturated heterocycles. The van der Waals surface area contributed by atoms with Gasteiger partial charge in [-0.15, -0.1) is 0 Å². The molecule has 2 aromatic rings. The van der Waals surface area contributed by atoms with Crippen LogP contribution in [0.4, 0.5) is 4.79 Å². The molecule has 0 spiro atoms. The zero-order valence-corrected chi connectivity index (χ0v) is 15.9. The van der Waals surface area contributed by atoms with Crippen LogP contribution in [0.15, 0.2) is 52.9 Å². The Balaban J connectivity index is 2.01. The highest BCUT2D eigenvalue weighted by Crippen LogP contribution is 2.28. The van der Waals surface area contributed by atoms with Crippen LogP contribution >= 0.6 is 11.6 Å². The Labute approximate surface area is 165 Å². The van der Waals surface area contributed by atoms with E-state index in [4.69, 9.17) is 15.8 Å². The molecule has 2 aromatic carbocycles. The van der Waals surface area contributed by atoms with E-state index in [1.54, 1.807) is 12.1 Å². The van der Waals surface area contributed by atoms with E-state index >= 15 is 0 Å². The second-order valence-electron chi connectivity index (χ2n) is 5.83. The number of rotatable bonds is 4. The zero-order valence-electron chi connectivity index (χ0n) is 14.4. The van der Waals surface area contributed by atoms with Crippen LogP contribution in [0.25, 0.3) is 6.08 Å². The van der Waals surface area contributed by atoms with Gasteiger partial charge in [0.25, 0.3) is 11.8 Å². The quantitative estimate of drug-likeness (QED) is 0.444. The Morgan fingerprint density at radius 1 is 0.964 bits per heavy atom. The Hall–Kier alpha value is -3.17. The number of imide groups is 2. The van der Waals surface area contributed by atoms with E-state index in [-0.39, 0.29) is 21.2 Å². The lowest BCUT2D eigenvalue weighted by Crippen LogP contribution is -2.51. The predicted molar refractivity (Wildman–Crippen MR) is 100 cm³/mol. The van der Waals surface area contributed by atoms with Gasteiger partial charge in [0.05, 0.1) is 0 Å². The molecule has 0 aliphatic carbocycles. The SMILES string of the molecule is Cc1ccc(S(=O)(=O)Oc2ccc(Cl)cc2C=C2C(=O)NC(=O)NC2=O)cc1. The summed E-state index contributed by atoms with van der Waals surface area (Å²) in [4.78, 5) is 34.9. The van der Waals surface area contributed by atoms with Crippen molar-refractivity contribution in [1.29, 1.82) is 0 Å². The maximum Gasteiger partial charge on any atom is 0.339 e. The number of urea groups is 1. The van der Waals surface area contributed by atoms with Gasteiger partial charge in [0.15, 0.2) is 0 Å². The highest BCUT2D eigenvalue weighted by molar-refractivity contribution is 7.87. The van der Waals surface area contributed by atoms with Gasteiger partial charge in [0.2, 0.25) is 0 Å².